The van der Waals surface area contributed by atoms with Crippen LogP contribution in [0.2, 0.25) is 0 Å². The van der Waals surface area contributed by atoms with Gasteiger partial charge in [-0.2, -0.15) is 0 Å². The Kier molecular flexibility index (Phi) is 4.17. The Morgan fingerprint density at radius 2 is 1.75 bits per heavy atom. The molecule has 0 aliphatic carbocycles. The van der Waals surface area contributed by atoms with E-state index in [1.54, 1.807) is 12.1 Å². The van der Waals surface area contributed by atoms with Gasteiger partial charge in [0.1, 0.15) is 11.9 Å². The Balaban J connectivity index is 1.49. The van der Waals surface area contributed by atoms with Gasteiger partial charge in [0.15, 0.2) is 5.96 Å². The van der Waals surface area contributed by atoms with E-state index in [1.165, 1.54) is 12.1 Å². The van der Waals surface area contributed by atoms with Crippen molar-refractivity contribution in [2.24, 2.45) is 4.99 Å². The summed E-state index contributed by atoms with van der Waals surface area (Å²) < 4.78 is 19.0. The van der Waals surface area contributed by atoms with Gasteiger partial charge < -0.3 is 15.0 Å². The van der Waals surface area contributed by atoms with Crippen LogP contribution in [0.1, 0.15) is 11.7 Å². The van der Waals surface area contributed by atoms with Crippen LogP contribution in [0.5, 0.6) is 0 Å². The van der Waals surface area contributed by atoms with Gasteiger partial charge in [-0.15, -0.1) is 0 Å². The summed E-state index contributed by atoms with van der Waals surface area (Å²) in [6.45, 7) is 4.15. The fraction of sp³-hybridized carbons (Fsp3) is 0.316. The highest BCUT2D eigenvalue weighted by Gasteiger charge is 2.25. The summed E-state index contributed by atoms with van der Waals surface area (Å²) in [5.41, 5.74) is 3.25. The SMILES string of the molecule is Fc1ccc(-c2ccc([C@H]3CN(C4=NCCN4)CCO3)cc2)cc1. The Hall–Kier alpha value is -2.40. The molecule has 4 nitrogen and oxygen atoms in total. The van der Waals surface area contributed by atoms with Crippen LogP contribution in [0.25, 0.3) is 11.1 Å². The molecule has 0 bridgehead atoms. The van der Waals surface area contributed by atoms with Gasteiger partial charge in [0.2, 0.25) is 0 Å². The Morgan fingerprint density at radius 3 is 2.42 bits per heavy atom. The second kappa shape index (κ2) is 6.61. The minimum atomic E-state index is -0.213. The second-order valence-corrected chi connectivity index (χ2v) is 6.07. The van der Waals surface area contributed by atoms with Gasteiger partial charge in [0.05, 0.1) is 19.7 Å². The van der Waals surface area contributed by atoms with E-state index < -0.39 is 0 Å². The van der Waals surface area contributed by atoms with Crippen molar-refractivity contribution in [2.45, 2.75) is 6.10 Å². The zero-order chi connectivity index (χ0) is 16.4. The van der Waals surface area contributed by atoms with E-state index in [4.69, 9.17) is 4.74 Å². The third kappa shape index (κ3) is 3.12. The first-order chi connectivity index (χ1) is 11.8. The first-order valence-corrected chi connectivity index (χ1v) is 8.30. The Morgan fingerprint density at radius 1 is 1.04 bits per heavy atom. The average Bonchev–Trinajstić information content (AvgIpc) is 3.17. The van der Waals surface area contributed by atoms with Gasteiger partial charge in [0.25, 0.3) is 0 Å². The third-order valence-corrected chi connectivity index (χ3v) is 4.48. The van der Waals surface area contributed by atoms with Crippen LogP contribution in [0, 0.1) is 5.82 Å². The number of halogens is 1. The number of hydrogen-bond acceptors (Lipinski definition) is 4. The van der Waals surface area contributed by atoms with E-state index >= 15 is 0 Å². The summed E-state index contributed by atoms with van der Waals surface area (Å²) in [4.78, 5) is 6.75. The van der Waals surface area contributed by atoms with Crippen molar-refractivity contribution in [1.29, 1.82) is 0 Å². The largest absolute Gasteiger partial charge is 0.370 e. The number of hydrogen-bond donors (Lipinski definition) is 1. The third-order valence-electron chi connectivity index (χ3n) is 4.48. The molecule has 24 heavy (non-hydrogen) atoms. The van der Waals surface area contributed by atoms with Gasteiger partial charge in [-0.3, -0.25) is 4.99 Å². The van der Waals surface area contributed by atoms with E-state index in [9.17, 15) is 4.39 Å². The van der Waals surface area contributed by atoms with Crippen molar-refractivity contribution in [1.82, 2.24) is 10.2 Å². The summed E-state index contributed by atoms with van der Waals surface area (Å²) in [5.74, 6) is 0.778. The van der Waals surface area contributed by atoms with Crippen LogP contribution in [-0.2, 0) is 4.74 Å². The van der Waals surface area contributed by atoms with Crippen molar-refractivity contribution >= 4 is 5.96 Å². The quantitative estimate of drug-likeness (QED) is 0.922. The zero-order valence-electron chi connectivity index (χ0n) is 13.4. The van der Waals surface area contributed by atoms with Gasteiger partial charge in [-0.1, -0.05) is 36.4 Å². The summed E-state index contributed by atoms with van der Waals surface area (Å²) >= 11 is 0. The van der Waals surface area contributed by atoms with Gasteiger partial charge >= 0.3 is 0 Å². The van der Waals surface area contributed by atoms with Gasteiger partial charge in [0, 0.05) is 13.1 Å². The number of aliphatic imine (C=N–C) groups is 1. The highest BCUT2D eigenvalue weighted by molar-refractivity contribution is 5.81. The summed E-state index contributed by atoms with van der Waals surface area (Å²) in [7, 11) is 0. The number of ether oxygens (including phenoxy) is 1. The van der Waals surface area contributed by atoms with Crippen LogP contribution < -0.4 is 5.32 Å². The molecule has 2 aliphatic rings. The lowest BCUT2D eigenvalue weighted by Crippen LogP contribution is -2.46. The number of nitrogens with zero attached hydrogens (tertiary/aromatic N) is 2. The molecule has 0 saturated carbocycles. The highest BCUT2D eigenvalue weighted by atomic mass is 19.1. The normalized spacial score (nSPS) is 20.6. The van der Waals surface area contributed by atoms with Crippen LogP contribution in [-0.4, -0.2) is 43.6 Å². The summed E-state index contributed by atoms with van der Waals surface area (Å²) in [5, 5.41) is 3.32. The van der Waals surface area contributed by atoms with E-state index in [0.717, 1.165) is 48.8 Å². The molecule has 1 atom stereocenters. The molecule has 0 amide bonds. The first-order valence-electron chi connectivity index (χ1n) is 8.30. The van der Waals surface area contributed by atoms with E-state index in [1.807, 2.05) is 0 Å². The summed E-state index contributed by atoms with van der Waals surface area (Å²) in [6, 6.07) is 14.9. The number of nitrogens with one attached hydrogen (secondary N) is 1. The smallest absolute Gasteiger partial charge is 0.194 e. The average molecular weight is 325 g/mol. The molecule has 2 aliphatic heterocycles. The van der Waals surface area contributed by atoms with E-state index in [-0.39, 0.29) is 11.9 Å². The van der Waals surface area contributed by atoms with Crippen molar-refractivity contribution in [3.63, 3.8) is 0 Å². The lowest BCUT2D eigenvalue weighted by atomic mass is 10.0. The van der Waals surface area contributed by atoms with E-state index in [2.05, 4.69) is 39.5 Å². The van der Waals surface area contributed by atoms with Gasteiger partial charge in [-0.25, -0.2) is 4.39 Å². The molecule has 0 spiro atoms. The molecule has 5 heteroatoms. The summed E-state index contributed by atoms with van der Waals surface area (Å²) in [6.07, 6.45) is 0.0473. The minimum absolute atomic E-state index is 0.0473. The molecule has 0 radical (unpaired) electrons. The van der Waals surface area contributed by atoms with Crippen molar-refractivity contribution in [3.05, 3.63) is 59.9 Å². The molecular weight excluding hydrogens is 305 g/mol. The predicted molar refractivity (Wildman–Crippen MR) is 92.4 cm³/mol. The molecule has 0 aromatic heterocycles. The molecule has 2 aromatic rings. The predicted octanol–water partition coefficient (Wildman–Crippen LogP) is 2.83. The topological polar surface area (TPSA) is 36.9 Å². The molecular formula is C19H20FN3O. The van der Waals surface area contributed by atoms with E-state index in [0.29, 0.717) is 6.61 Å². The molecule has 2 heterocycles. The Bertz CT molecular complexity index is 727. The molecule has 1 fully saturated rings. The number of guanidine groups is 1. The number of morpholine rings is 1. The zero-order valence-corrected chi connectivity index (χ0v) is 13.4. The van der Waals surface area contributed by atoms with Crippen LogP contribution in [0.4, 0.5) is 4.39 Å². The molecule has 124 valence electrons. The fourth-order valence-electron chi connectivity index (χ4n) is 3.17. The molecule has 0 unspecified atom stereocenters. The van der Waals surface area contributed by atoms with Crippen molar-refractivity contribution in [2.75, 3.05) is 32.8 Å². The van der Waals surface area contributed by atoms with Gasteiger partial charge in [-0.05, 0) is 28.8 Å². The monoisotopic (exact) mass is 325 g/mol. The van der Waals surface area contributed by atoms with Crippen LogP contribution >= 0.6 is 0 Å². The van der Waals surface area contributed by atoms with Crippen LogP contribution in [0.15, 0.2) is 53.5 Å². The maximum absolute atomic E-state index is 13.0. The Labute approximate surface area is 141 Å². The minimum Gasteiger partial charge on any atom is -0.370 e. The fourth-order valence-corrected chi connectivity index (χ4v) is 3.17. The van der Waals surface area contributed by atoms with Crippen molar-refractivity contribution in [3.8, 4) is 11.1 Å². The van der Waals surface area contributed by atoms with Crippen LogP contribution in [0.3, 0.4) is 0 Å². The first kappa shape index (κ1) is 15.1. The molecule has 1 saturated heterocycles. The highest BCUT2D eigenvalue weighted by Crippen LogP contribution is 2.26. The number of rotatable bonds is 2. The lowest BCUT2D eigenvalue weighted by molar-refractivity contribution is -0.00768. The molecule has 1 N–H and O–H groups in total. The molecule has 4 rings (SSSR count). The molecule has 2 aromatic carbocycles. The maximum Gasteiger partial charge on any atom is 0.194 e. The number of benzene rings is 2. The second-order valence-electron chi connectivity index (χ2n) is 6.07. The van der Waals surface area contributed by atoms with Crippen molar-refractivity contribution < 1.29 is 9.13 Å². The maximum atomic E-state index is 13.0. The lowest BCUT2D eigenvalue weighted by Gasteiger charge is -2.34. The standard InChI is InChI=1S/C19H20FN3O/c20-17-7-5-15(6-8-17)14-1-3-16(4-2-14)18-13-23(11-12-24-18)19-21-9-10-22-19/h1-8,18H,9-13H2,(H,21,22)/t18-/m1/s1.